The SMILES string of the molecule is Cc1ccn2ncc(C(=O)N(C)C3CC3)c2n1. The lowest BCUT2D eigenvalue weighted by atomic mass is 10.3. The number of carbonyl (C=O) groups excluding carboxylic acids is 1. The van der Waals surface area contributed by atoms with Gasteiger partial charge in [0.25, 0.3) is 5.91 Å². The molecule has 3 rings (SSSR count). The highest BCUT2D eigenvalue weighted by molar-refractivity contribution is 5.99. The first kappa shape index (κ1) is 10.3. The van der Waals surface area contributed by atoms with Crippen LogP contribution in [0.2, 0.25) is 0 Å². The van der Waals surface area contributed by atoms with Crippen molar-refractivity contribution in [2.45, 2.75) is 25.8 Å². The van der Waals surface area contributed by atoms with Crippen LogP contribution in [0, 0.1) is 6.92 Å². The molecule has 1 saturated carbocycles. The van der Waals surface area contributed by atoms with Gasteiger partial charge in [0.15, 0.2) is 5.65 Å². The van der Waals surface area contributed by atoms with Gasteiger partial charge in [0.1, 0.15) is 5.56 Å². The Bertz CT molecular complexity index is 585. The maximum absolute atomic E-state index is 12.2. The monoisotopic (exact) mass is 230 g/mol. The van der Waals surface area contributed by atoms with E-state index in [4.69, 9.17) is 0 Å². The molecule has 17 heavy (non-hydrogen) atoms. The zero-order valence-corrected chi connectivity index (χ0v) is 9.92. The number of aryl methyl sites for hydroxylation is 1. The average Bonchev–Trinajstić information content (AvgIpc) is 3.08. The molecule has 1 amide bonds. The normalized spacial score (nSPS) is 15.2. The first-order valence-corrected chi connectivity index (χ1v) is 5.75. The zero-order chi connectivity index (χ0) is 12.0. The minimum atomic E-state index is 0.0144. The Morgan fingerprint density at radius 2 is 2.29 bits per heavy atom. The van der Waals surface area contributed by atoms with Crippen molar-refractivity contribution in [2.24, 2.45) is 0 Å². The van der Waals surface area contributed by atoms with Crippen LogP contribution in [0.3, 0.4) is 0 Å². The van der Waals surface area contributed by atoms with Crippen LogP contribution in [0.25, 0.3) is 5.65 Å². The average molecular weight is 230 g/mol. The number of amides is 1. The van der Waals surface area contributed by atoms with Crippen molar-refractivity contribution in [2.75, 3.05) is 7.05 Å². The zero-order valence-electron chi connectivity index (χ0n) is 9.92. The van der Waals surface area contributed by atoms with Crippen molar-refractivity contribution in [3.63, 3.8) is 0 Å². The molecular weight excluding hydrogens is 216 g/mol. The molecule has 5 nitrogen and oxygen atoms in total. The van der Waals surface area contributed by atoms with Gasteiger partial charge >= 0.3 is 0 Å². The fourth-order valence-corrected chi connectivity index (χ4v) is 1.93. The minimum Gasteiger partial charge on any atom is -0.339 e. The van der Waals surface area contributed by atoms with E-state index in [0.717, 1.165) is 18.5 Å². The fraction of sp³-hybridized carbons (Fsp3) is 0.417. The molecule has 5 heteroatoms. The molecule has 1 aliphatic carbocycles. The molecule has 0 atom stereocenters. The maximum Gasteiger partial charge on any atom is 0.259 e. The van der Waals surface area contributed by atoms with E-state index in [-0.39, 0.29) is 5.91 Å². The summed E-state index contributed by atoms with van der Waals surface area (Å²) in [5.41, 5.74) is 2.12. The van der Waals surface area contributed by atoms with E-state index in [9.17, 15) is 4.79 Å². The first-order chi connectivity index (χ1) is 8.16. The number of aromatic nitrogens is 3. The van der Waals surface area contributed by atoms with E-state index in [1.165, 1.54) is 0 Å². The largest absolute Gasteiger partial charge is 0.339 e. The molecule has 0 saturated heterocycles. The molecule has 2 aromatic heterocycles. The highest BCUT2D eigenvalue weighted by Crippen LogP contribution is 2.27. The number of carbonyl (C=O) groups is 1. The standard InChI is InChI=1S/C12H14N4O/c1-8-5-6-16-11(14-8)10(7-13-16)12(17)15(2)9-3-4-9/h5-7,9H,3-4H2,1-2H3. The van der Waals surface area contributed by atoms with Crippen LogP contribution in [-0.4, -0.2) is 38.5 Å². The van der Waals surface area contributed by atoms with Gasteiger partial charge in [-0.15, -0.1) is 0 Å². The van der Waals surface area contributed by atoms with E-state index >= 15 is 0 Å². The van der Waals surface area contributed by atoms with Gasteiger partial charge in [0, 0.05) is 25.0 Å². The molecule has 0 aromatic carbocycles. The summed E-state index contributed by atoms with van der Waals surface area (Å²) in [6, 6.07) is 2.28. The lowest BCUT2D eigenvalue weighted by Gasteiger charge is -2.14. The van der Waals surface area contributed by atoms with Crippen molar-refractivity contribution >= 4 is 11.6 Å². The fourth-order valence-electron chi connectivity index (χ4n) is 1.93. The first-order valence-electron chi connectivity index (χ1n) is 5.75. The summed E-state index contributed by atoms with van der Waals surface area (Å²) in [7, 11) is 1.85. The lowest BCUT2D eigenvalue weighted by molar-refractivity contribution is 0.0787. The highest BCUT2D eigenvalue weighted by atomic mass is 16.2. The molecule has 0 bridgehead atoms. The Balaban J connectivity index is 2.04. The number of hydrogen-bond acceptors (Lipinski definition) is 3. The number of fused-ring (bicyclic) bond motifs is 1. The summed E-state index contributed by atoms with van der Waals surface area (Å²) in [4.78, 5) is 18.4. The van der Waals surface area contributed by atoms with Crippen LogP contribution in [0.15, 0.2) is 18.5 Å². The molecule has 88 valence electrons. The van der Waals surface area contributed by atoms with Crippen LogP contribution in [-0.2, 0) is 0 Å². The predicted molar refractivity (Wildman–Crippen MR) is 62.8 cm³/mol. The summed E-state index contributed by atoms with van der Waals surface area (Å²) < 4.78 is 1.64. The van der Waals surface area contributed by atoms with Crippen molar-refractivity contribution in [1.29, 1.82) is 0 Å². The highest BCUT2D eigenvalue weighted by Gasteiger charge is 2.31. The Morgan fingerprint density at radius 1 is 1.53 bits per heavy atom. The summed E-state index contributed by atoms with van der Waals surface area (Å²) in [6.45, 7) is 1.91. The maximum atomic E-state index is 12.2. The van der Waals surface area contributed by atoms with E-state index < -0.39 is 0 Å². The third-order valence-corrected chi connectivity index (χ3v) is 3.15. The van der Waals surface area contributed by atoms with E-state index in [1.54, 1.807) is 15.6 Å². The number of hydrogen-bond donors (Lipinski definition) is 0. The minimum absolute atomic E-state index is 0.0144. The topological polar surface area (TPSA) is 50.5 Å². The third-order valence-electron chi connectivity index (χ3n) is 3.15. The smallest absolute Gasteiger partial charge is 0.259 e. The summed E-state index contributed by atoms with van der Waals surface area (Å²) in [5, 5.41) is 4.15. The Kier molecular flexibility index (Phi) is 2.14. The van der Waals surface area contributed by atoms with Crippen LogP contribution < -0.4 is 0 Å². The van der Waals surface area contributed by atoms with Crippen molar-refractivity contribution in [3.05, 3.63) is 29.7 Å². The molecule has 2 heterocycles. The molecule has 1 aliphatic rings. The summed E-state index contributed by atoms with van der Waals surface area (Å²) >= 11 is 0. The van der Waals surface area contributed by atoms with E-state index in [1.807, 2.05) is 26.2 Å². The molecule has 0 radical (unpaired) electrons. The third kappa shape index (κ3) is 1.67. The van der Waals surface area contributed by atoms with Crippen molar-refractivity contribution < 1.29 is 4.79 Å². The Labute approximate surface area is 99.1 Å². The Hall–Kier alpha value is -1.91. The van der Waals surface area contributed by atoms with Gasteiger partial charge in [-0.3, -0.25) is 4.79 Å². The molecule has 2 aromatic rings. The lowest BCUT2D eigenvalue weighted by Crippen LogP contribution is -2.28. The second-order valence-electron chi connectivity index (χ2n) is 4.54. The van der Waals surface area contributed by atoms with Crippen LogP contribution in [0.4, 0.5) is 0 Å². The number of nitrogens with zero attached hydrogens (tertiary/aromatic N) is 4. The van der Waals surface area contributed by atoms with Gasteiger partial charge in [-0.1, -0.05) is 0 Å². The second kappa shape index (κ2) is 3.55. The molecule has 0 N–H and O–H groups in total. The Morgan fingerprint density at radius 3 is 3.00 bits per heavy atom. The molecular formula is C12H14N4O. The van der Waals surface area contributed by atoms with Crippen molar-refractivity contribution in [1.82, 2.24) is 19.5 Å². The molecule has 0 unspecified atom stereocenters. The van der Waals surface area contributed by atoms with E-state index in [2.05, 4.69) is 10.1 Å². The second-order valence-corrected chi connectivity index (χ2v) is 4.54. The van der Waals surface area contributed by atoms with Gasteiger partial charge in [-0.05, 0) is 25.8 Å². The summed E-state index contributed by atoms with van der Waals surface area (Å²) in [6.07, 6.45) is 5.64. The van der Waals surface area contributed by atoms with E-state index in [0.29, 0.717) is 17.3 Å². The van der Waals surface area contributed by atoms with Crippen LogP contribution in [0.5, 0.6) is 0 Å². The van der Waals surface area contributed by atoms with Gasteiger partial charge < -0.3 is 4.90 Å². The van der Waals surface area contributed by atoms with Gasteiger partial charge in [-0.25, -0.2) is 9.50 Å². The predicted octanol–water partition coefficient (Wildman–Crippen LogP) is 1.27. The van der Waals surface area contributed by atoms with Crippen LogP contribution >= 0.6 is 0 Å². The van der Waals surface area contributed by atoms with Gasteiger partial charge in [-0.2, -0.15) is 5.10 Å². The summed E-state index contributed by atoms with van der Waals surface area (Å²) in [5.74, 6) is 0.0144. The molecule has 1 fully saturated rings. The van der Waals surface area contributed by atoms with Crippen molar-refractivity contribution in [3.8, 4) is 0 Å². The van der Waals surface area contributed by atoms with Gasteiger partial charge in [0.05, 0.1) is 6.20 Å². The van der Waals surface area contributed by atoms with Crippen LogP contribution in [0.1, 0.15) is 28.9 Å². The quantitative estimate of drug-likeness (QED) is 0.780. The molecule has 0 aliphatic heterocycles. The van der Waals surface area contributed by atoms with Gasteiger partial charge in [0.2, 0.25) is 0 Å². The number of rotatable bonds is 2. The molecule has 0 spiro atoms.